The number of aromatic nitrogens is 3. The zero-order chi connectivity index (χ0) is 16.8. The molecule has 120 valence electrons. The van der Waals surface area contributed by atoms with E-state index in [4.69, 9.17) is 0 Å². The highest BCUT2D eigenvalue weighted by Gasteiger charge is 2.17. The number of nitrogens with zero attached hydrogens (tertiary/aromatic N) is 3. The molecular formula is C20H19N3O. The molecule has 0 saturated carbocycles. The van der Waals surface area contributed by atoms with E-state index in [0.717, 1.165) is 22.3 Å². The van der Waals surface area contributed by atoms with Gasteiger partial charge < -0.3 is 4.57 Å². The van der Waals surface area contributed by atoms with Gasteiger partial charge in [0.05, 0.1) is 11.0 Å². The van der Waals surface area contributed by atoms with Crippen LogP contribution in [-0.2, 0) is 0 Å². The lowest BCUT2D eigenvalue weighted by molar-refractivity contribution is 0.601. The van der Waals surface area contributed by atoms with Crippen LogP contribution in [-0.4, -0.2) is 14.0 Å². The molecule has 2 aromatic carbocycles. The normalized spacial score (nSPS) is 11.7. The van der Waals surface area contributed by atoms with Gasteiger partial charge in [0.1, 0.15) is 17.5 Å². The molecule has 0 aliphatic carbocycles. The third-order valence-corrected chi connectivity index (χ3v) is 4.43. The molecule has 0 radical (unpaired) electrons. The number of para-hydroxylation sites is 2. The molecular weight excluding hydrogens is 298 g/mol. The summed E-state index contributed by atoms with van der Waals surface area (Å²) in [5.41, 5.74) is 5.44. The lowest BCUT2D eigenvalue weighted by atomic mass is 10.1. The largest absolute Gasteiger partial charge is 0.302 e. The molecule has 0 aliphatic rings. The maximum atomic E-state index is 13.2. The van der Waals surface area contributed by atoms with Gasteiger partial charge >= 0.3 is 0 Å². The fourth-order valence-corrected chi connectivity index (χ4v) is 3.27. The van der Waals surface area contributed by atoms with E-state index in [-0.39, 0.29) is 11.6 Å². The molecule has 4 heteroatoms. The highest BCUT2D eigenvalue weighted by Crippen LogP contribution is 2.25. The summed E-state index contributed by atoms with van der Waals surface area (Å²) in [6, 6.07) is 16.2. The van der Waals surface area contributed by atoms with Gasteiger partial charge in [-0.25, -0.2) is 4.98 Å². The Morgan fingerprint density at radius 1 is 0.958 bits per heavy atom. The molecule has 4 nitrogen and oxygen atoms in total. The van der Waals surface area contributed by atoms with Crippen LogP contribution in [0.2, 0.25) is 0 Å². The molecule has 0 saturated heterocycles. The van der Waals surface area contributed by atoms with E-state index in [2.05, 4.69) is 4.98 Å². The van der Waals surface area contributed by atoms with Gasteiger partial charge in [0, 0.05) is 11.6 Å². The first-order valence-electron chi connectivity index (χ1n) is 8.15. The summed E-state index contributed by atoms with van der Waals surface area (Å²) >= 11 is 0. The first-order chi connectivity index (χ1) is 11.6. The SMILES string of the molecule is Cc1ccc(-c2ncn3c2c(=O)n(C(C)C)c2ccccc23)cc1. The standard InChI is InChI=1S/C20H19N3O/c1-13(2)23-17-7-5-4-6-16(17)22-12-21-18(19(22)20(23)24)15-10-8-14(3)9-11-15/h4-13H,1-3H3. The minimum Gasteiger partial charge on any atom is -0.302 e. The summed E-state index contributed by atoms with van der Waals surface area (Å²) in [6.45, 7) is 6.12. The molecule has 4 aromatic rings. The van der Waals surface area contributed by atoms with Crippen LogP contribution in [0.3, 0.4) is 0 Å². The highest BCUT2D eigenvalue weighted by molar-refractivity contribution is 5.85. The van der Waals surface area contributed by atoms with E-state index in [1.807, 2.05) is 78.3 Å². The fourth-order valence-electron chi connectivity index (χ4n) is 3.27. The van der Waals surface area contributed by atoms with Gasteiger partial charge in [-0.2, -0.15) is 0 Å². The predicted molar refractivity (Wildman–Crippen MR) is 97.5 cm³/mol. The molecule has 0 spiro atoms. The summed E-state index contributed by atoms with van der Waals surface area (Å²) in [4.78, 5) is 17.8. The molecule has 0 amide bonds. The van der Waals surface area contributed by atoms with Crippen LogP contribution in [0.4, 0.5) is 0 Å². The topological polar surface area (TPSA) is 39.3 Å². The van der Waals surface area contributed by atoms with Gasteiger partial charge in [0.15, 0.2) is 0 Å². The van der Waals surface area contributed by atoms with Crippen LogP contribution in [0.25, 0.3) is 27.8 Å². The van der Waals surface area contributed by atoms with Crippen molar-refractivity contribution < 1.29 is 0 Å². The Kier molecular flexibility index (Phi) is 3.27. The van der Waals surface area contributed by atoms with Crippen LogP contribution in [0.5, 0.6) is 0 Å². The monoisotopic (exact) mass is 317 g/mol. The van der Waals surface area contributed by atoms with E-state index < -0.39 is 0 Å². The van der Waals surface area contributed by atoms with Crippen LogP contribution in [0.1, 0.15) is 25.5 Å². The second-order valence-electron chi connectivity index (χ2n) is 6.44. The molecule has 0 unspecified atom stereocenters. The Hall–Kier alpha value is -2.88. The van der Waals surface area contributed by atoms with Gasteiger partial charge in [0.2, 0.25) is 0 Å². The van der Waals surface area contributed by atoms with E-state index in [9.17, 15) is 4.79 Å². The van der Waals surface area contributed by atoms with Gasteiger partial charge in [-0.1, -0.05) is 42.0 Å². The molecule has 0 aliphatic heterocycles. The zero-order valence-corrected chi connectivity index (χ0v) is 14.0. The molecule has 0 bridgehead atoms. The van der Waals surface area contributed by atoms with E-state index in [1.54, 1.807) is 6.33 Å². The van der Waals surface area contributed by atoms with Gasteiger partial charge in [-0.3, -0.25) is 9.20 Å². The second kappa shape index (κ2) is 5.34. The summed E-state index contributed by atoms with van der Waals surface area (Å²) in [6.07, 6.45) is 1.75. The van der Waals surface area contributed by atoms with Crippen molar-refractivity contribution in [1.29, 1.82) is 0 Å². The molecule has 2 aromatic heterocycles. The molecule has 2 heterocycles. The van der Waals surface area contributed by atoms with Gasteiger partial charge in [-0.05, 0) is 32.9 Å². The molecule has 0 atom stereocenters. The maximum absolute atomic E-state index is 13.2. The van der Waals surface area contributed by atoms with Crippen LogP contribution in [0.15, 0.2) is 59.7 Å². The predicted octanol–water partition coefficient (Wildman–Crippen LogP) is 4.21. The van der Waals surface area contributed by atoms with E-state index in [0.29, 0.717) is 5.52 Å². The molecule has 0 fully saturated rings. The van der Waals surface area contributed by atoms with Crippen LogP contribution < -0.4 is 5.56 Å². The minimum absolute atomic E-state index is 0.00299. The number of hydrogen-bond acceptors (Lipinski definition) is 2. The summed E-state index contributed by atoms with van der Waals surface area (Å²) < 4.78 is 3.76. The Bertz CT molecular complexity index is 1100. The maximum Gasteiger partial charge on any atom is 0.277 e. The Morgan fingerprint density at radius 2 is 1.62 bits per heavy atom. The van der Waals surface area contributed by atoms with E-state index >= 15 is 0 Å². The fraction of sp³-hybridized carbons (Fsp3) is 0.200. The molecule has 24 heavy (non-hydrogen) atoms. The second-order valence-corrected chi connectivity index (χ2v) is 6.44. The smallest absolute Gasteiger partial charge is 0.277 e. The Balaban J connectivity index is 2.16. The average molecular weight is 317 g/mol. The first kappa shape index (κ1) is 14.7. The summed E-state index contributed by atoms with van der Waals surface area (Å²) in [7, 11) is 0. The Labute approximate surface area is 140 Å². The van der Waals surface area contributed by atoms with Crippen molar-refractivity contribution in [2.45, 2.75) is 26.8 Å². The lowest BCUT2D eigenvalue weighted by Gasteiger charge is -2.15. The lowest BCUT2D eigenvalue weighted by Crippen LogP contribution is -2.24. The van der Waals surface area contributed by atoms with Crippen molar-refractivity contribution in [2.24, 2.45) is 0 Å². The molecule has 4 rings (SSSR count). The number of fused-ring (bicyclic) bond motifs is 3. The van der Waals surface area contributed by atoms with Crippen LogP contribution >= 0.6 is 0 Å². The van der Waals surface area contributed by atoms with Crippen molar-refractivity contribution in [2.75, 3.05) is 0 Å². The van der Waals surface area contributed by atoms with Crippen molar-refractivity contribution in [3.05, 3.63) is 70.8 Å². The third kappa shape index (κ3) is 2.07. The van der Waals surface area contributed by atoms with Gasteiger partial charge in [-0.15, -0.1) is 0 Å². The highest BCUT2D eigenvalue weighted by atomic mass is 16.1. The summed E-state index contributed by atoms with van der Waals surface area (Å²) in [5.74, 6) is 0. The minimum atomic E-state index is -0.00299. The number of imidazole rings is 1. The quantitative estimate of drug-likeness (QED) is 0.555. The van der Waals surface area contributed by atoms with Crippen molar-refractivity contribution in [3.8, 4) is 11.3 Å². The van der Waals surface area contributed by atoms with E-state index in [1.165, 1.54) is 5.56 Å². The number of rotatable bonds is 2. The first-order valence-corrected chi connectivity index (χ1v) is 8.15. The zero-order valence-electron chi connectivity index (χ0n) is 14.0. The molecule has 0 N–H and O–H groups in total. The average Bonchev–Trinajstić information content (AvgIpc) is 3.01. The van der Waals surface area contributed by atoms with Crippen LogP contribution in [0, 0.1) is 6.92 Å². The third-order valence-electron chi connectivity index (χ3n) is 4.43. The Morgan fingerprint density at radius 3 is 2.29 bits per heavy atom. The summed E-state index contributed by atoms with van der Waals surface area (Å²) in [5, 5.41) is 0. The number of benzene rings is 2. The van der Waals surface area contributed by atoms with Gasteiger partial charge in [0.25, 0.3) is 5.56 Å². The van der Waals surface area contributed by atoms with Crippen molar-refractivity contribution in [3.63, 3.8) is 0 Å². The number of hydrogen-bond donors (Lipinski definition) is 0. The number of aryl methyl sites for hydroxylation is 1. The van der Waals surface area contributed by atoms with Crippen molar-refractivity contribution >= 4 is 16.6 Å². The van der Waals surface area contributed by atoms with Crippen molar-refractivity contribution in [1.82, 2.24) is 14.0 Å².